The van der Waals surface area contributed by atoms with Gasteiger partial charge in [0.05, 0.1) is 0 Å². The molecule has 0 heterocycles. The van der Waals surface area contributed by atoms with E-state index in [1.807, 2.05) is 12.1 Å². The molecule has 1 aliphatic carbocycles. The molecular weight excluding hydrogens is 238 g/mol. The Morgan fingerprint density at radius 2 is 2.16 bits per heavy atom. The van der Waals surface area contributed by atoms with Gasteiger partial charge in [0, 0.05) is 19.2 Å². The third kappa shape index (κ3) is 3.71. The Morgan fingerprint density at radius 3 is 2.89 bits per heavy atom. The zero-order valence-electron chi connectivity index (χ0n) is 11.9. The lowest BCUT2D eigenvalue weighted by Gasteiger charge is -2.31. The van der Waals surface area contributed by atoms with Crippen molar-refractivity contribution in [3.63, 3.8) is 0 Å². The SMILES string of the molecule is CC(C)(CCO)CNC1CCCc2cc(O)ccc21. The highest BCUT2D eigenvalue weighted by Gasteiger charge is 2.23. The first kappa shape index (κ1) is 14.4. The van der Waals surface area contributed by atoms with E-state index in [2.05, 4.69) is 19.2 Å². The fourth-order valence-electron chi connectivity index (χ4n) is 2.80. The molecule has 3 heteroatoms. The van der Waals surface area contributed by atoms with Crippen LogP contribution in [0.1, 0.15) is 50.3 Å². The summed E-state index contributed by atoms with van der Waals surface area (Å²) < 4.78 is 0. The van der Waals surface area contributed by atoms with E-state index in [1.54, 1.807) is 6.07 Å². The van der Waals surface area contributed by atoms with Crippen molar-refractivity contribution < 1.29 is 10.2 Å². The summed E-state index contributed by atoms with van der Waals surface area (Å²) in [6.07, 6.45) is 4.18. The van der Waals surface area contributed by atoms with Gasteiger partial charge in [-0.2, -0.15) is 0 Å². The molecule has 1 aromatic carbocycles. The fourth-order valence-corrected chi connectivity index (χ4v) is 2.80. The van der Waals surface area contributed by atoms with Crippen LogP contribution in [0.25, 0.3) is 0 Å². The minimum Gasteiger partial charge on any atom is -0.508 e. The van der Waals surface area contributed by atoms with Crippen molar-refractivity contribution in [3.05, 3.63) is 29.3 Å². The van der Waals surface area contributed by atoms with E-state index in [4.69, 9.17) is 5.11 Å². The van der Waals surface area contributed by atoms with Gasteiger partial charge >= 0.3 is 0 Å². The molecule has 0 radical (unpaired) electrons. The van der Waals surface area contributed by atoms with E-state index >= 15 is 0 Å². The summed E-state index contributed by atoms with van der Waals surface area (Å²) in [6, 6.07) is 6.09. The quantitative estimate of drug-likeness (QED) is 0.765. The smallest absolute Gasteiger partial charge is 0.115 e. The minimum atomic E-state index is 0.114. The molecule has 0 spiro atoms. The van der Waals surface area contributed by atoms with Crippen LogP contribution in [0.15, 0.2) is 18.2 Å². The molecule has 0 amide bonds. The summed E-state index contributed by atoms with van der Waals surface area (Å²) in [5, 5.41) is 22.3. The number of aliphatic hydroxyl groups is 1. The van der Waals surface area contributed by atoms with Crippen molar-refractivity contribution in [1.82, 2.24) is 5.32 Å². The van der Waals surface area contributed by atoms with Gasteiger partial charge in [0.25, 0.3) is 0 Å². The first-order valence-electron chi connectivity index (χ1n) is 7.18. The number of aryl methyl sites for hydroxylation is 1. The Labute approximate surface area is 115 Å². The van der Waals surface area contributed by atoms with E-state index in [9.17, 15) is 5.11 Å². The summed E-state index contributed by atoms with van der Waals surface area (Å²) in [5.41, 5.74) is 2.70. The summed E-state index contributed by atoms with van der Waals surface area (Å²) in [5.74, 6) is 0.361. The molecule has 0 fully saturated rings. The Balaban J connectivity index is 2.04. The van der Waals surface area contributed by atoms with Gasteiger partial charge in [-0.25, -0.2) is 0 Å². The Morgan fingerprint density at radius 1 is 1.37 bits per heavy atom. The molecule has 19 heavy (non-hydrogen) atoms. The van der Waals surface area contributed by atoms with Crippen molar-refractivity contribution >= 4 is 0 Å². The first-order valence-corrected chi connectivity index (χ1v) is 7.18. The molecule has 0 bridgehead atoms. The average molecular weight is 263 g/mol. The Kier molecular flexibility index (Phi) is 4.48. The predicted molar refractivity (Wildman–Crippen MR) is 77.3 cm³/mol. The lowest BCUT2D eigenvalue weighted by atomic mass is 9.85. The number of hydrogen-bond donors (Lipinski definition) is 3. The number of benzene rings is 1. The number of phenols is 1. The van der Waals surface area contributed by atoms with Crippen LogP contribution in [0.2, 0.25) is 0 Å². The summed E-state index contributed by atoms with van der Waals surface area (Å²) in [4.78, 5) is 0. The molecule has 0 aromatic heterocycles. The topological polar surface area (TPSA) is 52.5 Å². The third-order valence-electron chi connectivity index (χ3n) is 4.06. The molecule has 106 valence electrons. The predicted octanol–water partition coefficient (Wildman–Crippen LogP) is 2.77. The summed E-state index contributed by atoms with van der Waals surface area (Å²) >= 11 is 0. The fraction of sp³-hybridized carbons (Fsp3) is 0.625. The highest BCUT2D eigenvalue weighted by Crippen LogP contribution is 2.32. The van der Waals surface area contributed by atoms with Crippen LogP contribution in [-0.2, 0) is 6.42 Å². The molecule has 2 rings (SSSR count). The largest absolute Gasteiger partial charge is 0.508 e. The van der Waals surface area contributed by atoms with Crippen LogP contribution in [0, 0.1) is 5.41 Å². The molecule has 0 aliphatic heterocycles. The number of aliphatic hydroxyl groups excluding tert-OH is 1. The Hall–Kier alpha value is -1.06. The van der Waals surface area contributed by atoms with Crippen molar-refractivity contribution in [2.24, 2.45) is 5.41 Å². The maximum atomic E-state index is 9.56. The van der Waals surface area contributed by atoms with Gasteiger partial charge in [-0.15, -0.1) is 0 Å². The lowest BCUT2D eigenvalue weighted by Crippen LogP contribution is -2.34. The van der Waals surface area contributed by atoms with E-state index in [0.717, 1.165) is 32.2 Å². The standard InChI is InChI=1S/C16H25NO2/c1-16(2,8-9-18)11-17-15-5-3-4-12-10-13(19)6-7-14(12)15/h6-7,10,15,17-19H,3-5,8-9,11H2,1-2H3. The third-order valence-corrected chi connectivity index (χ3v) is 4.06. The molecule has 0 saturated heterocycles. The summed E-state index contributed by atoms with van der Waals surface area (Å²) in [6.45, 7) is 5.50. The van der Waals surface area contributed by atoms with Crippen LogP contribution < -0.4 is 5.32 Å². The zero-order valence-corrected chi connectivity index (χ0v) is 11.9. The molecule has 1 aliphatic rings. The second kappa shape index (κ2) is 5.93. The highest BCUT2D eigenvalue weighted by molar-refractivity contribution is 5.38. The van der Waals surface area contributed by atoms with E-state index in [-0.39, 0.29) is 12.0 Å². The van der Waals surface area contributed by atoms with Gasteiger partial charge in [-0.1, -0.05) is 19.9 Å². The number of hydrogen-bond acceptors (Lipinski definition) is 3. The molecule has 1 aromatic rings. The van der Waals surface area contributed by atoms with E-state index in [0.29, 0.717) is 11.8 Å². The number of phenolic OH excluding ortho intramolecular Hbond substituents is 1. The van der Waals surface area contributed by atoms with E-state index in [1.165, 1.54) is 11.1 Å². The van der Waals surface area contributed by atoms with E-state index < -0.39 is 0 Å². The average Bonchev–Trinajstić information content (AvgIpc) is 2.36. The van der Waals surface area contributed by atoms with Gasteiger partial charge in [-0.05, 0) is 54.4 Å². The molecule has 1 unspecified atom stereocenters. The number of nitrogens with one attached hydrogen (secondary N) is 1. The maximum absolute atomic E-state index is 9.56. The van der Waals surface area contributed by atoms with Crippen molar-refractivity contribution in [1.29, 1.82) is 0 Å². The minimum absolute atomic E-state index is 0.114. The normalized spacial score (nSPS) is 19.2. The highest BCUT2D eigenvalue weighted by atomic mass is 16.3. The van der Waals surface area contributed by atoms with Crippen LogP contribution in [-0.4, -0.2) is 23.4 Å². The maximum Gasteiger partial charge on any atom is 0.115 e. The number of aromatic hydroxyl groups is 1. The second-order valence-corrected chi connectivity index (χ2v) is 6.35. The monoisotopic (exact) mass is 263 g/mol. The van der Waals surface area contributed by atoms with Crippen LogP contribution in [0.4, 0.5) is 0 Å². The van der Waals surface area contributed by atoms with Gasteiger partial charge in [0.15, 0.2) is 0 Å². The number of fused-ring (bicyclic) bond motifs is 1. The first-order chi connectivity index (χ1) is 9.02. The van der Waals surface area contributed by atoms with Crippen LogP contribution in [0.5, 0.6) is 5.75 Å². The van der Waals surface area contributed by atoms with Gasteiger partial charge in [0.1, 0.15) is 5.75 Å². The second-order valence-electron chi connectivity index (χ2n) is 6.35. The number of rotatable bonds is 5. The molecule has 3 N–H and O–H groups in total. The van der Waals surface area contributed by atoms with Crippen molar-refractivity contribution in [2.75, 3.05) is 13.2 Å². The van der Waals surface area contributed by atoms with Gasteiger partial charge in [0.2, 0.25) is 0 Å². The van der Waals surface area contributed by atoms with Gasteiger partial charge < -0.3 is 15.5 Å². The van der Waals surface area contributed by atoms with Crippen LogP contribution in [0.3, 0.4) is 0 Å². The molecule has 3 nitrogen and oxygen atoms in total. The Bertz CT molecular complexity index is 429. The zero-order chi connectivity index (χ0) is 13.9. The summed E-state index contributed by atoms with van der Waals surface area (Å²) in [7, 11) is 0. The molecule has 0 saturated carbocycles. The molecular formula is C16H25NO2. The van der Waals surface area contributed by atoms with Crippen molar-refractivity contribution in [2.45, 2.75) is 45.6 Å². The van der Waals surface area contributed by atoms with Crippen molar-refractivity contribution in [3.8, 4) is 5.75 Å². The van der Waals surface area contributed by atoms with Crippen LogP contribution >= 0.6 is 0 Å². The lowest BCUT2D eigenvalue weighted by molar-refractivity contribution is 0.201. The van der Waals surface area contributed by atoms with Gasteiger partial charge in [-0.3, -0.25) is 0 Å². The molecule has 1 atom stereocenters.